The second-order valence-corrected chi connectivity index (χ2v) is 19.5. The van der Waals surface area contributed by atoms with Crippen LogP contribution >= 0.6 is 0 Å². The minimum absolute atomic E-state index is 0. The van der Waals surface area contributed by atoms with E-state index >= 15 is 0 Å². The van der Waals surface area contributed by atoms with E-state index in [1.165, 1.54) is 57.6 Å². The van der Waals surface area contributed by atoms with Gasteiger partial charge in [-0.1, -0.05) is 105 Å². The summed E-state index contributed by atoms with van der Waals surface area (Å²) in [5.41, 5.74) is 13.3. The third-order valence-corrected chi connectivity index (χ3v) is 14.3. The Balaban J connectivity index is 0.00000793. The van der Waals surface area contributed by atoms with Gasteiger partial charge < -0.3 is 19.9 Å². The molecule has 6 rings (SSSR count). The smallest absolute Gasteiger partial charge is 0.510 e. The molecule has 1 saturated heterocycles. The van der Waals surface area contributed by atoms with Gasteiger partial charge in [0.15, 0.2) is 0 Å². The predicted octanol–water partition coefficient (Wildman–Crippen LogP) is 12.6. The number of ether oxygens (including phenoxy) is 2. The molecule has 0 aromatic heterocycles. The van der Waals surface area contributed by atoms with Crippen molar-refractivity contribution in [3.63, 3.8) is 0 Å². The van der Waals surface area contributed by atoms with Crippen molar-refractivity contribution in [1.29, 1.82) is 0 Å². The van der Waals surface area contributed by atoms with E-state index in [0.717, 1.165) is 99.1 Å². The second-order valence-electron chi connectivity index (χ2n) is 19.5. The number of aliphatic hydroxyl groups excluding tert-OH is 1. The quantitative estimate of drug-likeness (QED) is 0.0713. The fourth-order valence-electron chi connectivity index (χ4n) is 10.2. The minimum Gasteiger partial charge on any atom is -0.510 e. The van der Waals surface area contributed by atoms with Crippen LogP contribution in [0.5, 0.6) is 0 Å². The fourth-order valence-corrected chi connectivity index (χ4v) is 10.2. The molecule has 0 unspecified atom stereocenters. The second kappa shape index (κ2) is 22.9. The zero-order valence-corrected chi connectivity index (χ0v) is 42.8. The first-order valence-corrected chi connectivity index (χ1v) is 24.1. The van der Waals surface area contributed by atoms with Gasteiger partial charge >= 0.3 is 35.0 Å². The number of aliphatic hydroxyl groups is 1. The molecule has 1 fully saturated rings. The maximum atomic E-state index is 13.6. The predicted molar refractivity (Wildman–Crippen MR) is 268 cm³/mol. The van der Waals surface area contributed by atoms with E-state index in [2.05, 4.69) is 73.4 Å². The summed E-state index contributed by atoms with van der Waals surface area (Å²) in [6.45, 7) is 26.2. The SMILES string of the molecule is C=CC1=C(C)C2=NC1=CC1=NC(=CC3=C(C)C4=C(O)[C@@H](C(=O)OC)C(=C5NC(=C2)[C@@H](C)[C@@H]5CCC(=O)OC/C=C(\C)CCC[C@H](C)CCC[C@H](C)CCCC(C)C)C4=N3)C(CC)=C1C.[Mg+2]. The van der Waals surface area contributed by atoms with E-state index < -0.39 is 11.9 Å². The van der Waals surface area contributed by atoms with Gasteiger partial charge in [-0.2, -0.15) is 0 Å². The van der Waals surface area contributed by atoms with Gasteiger partial charge in [0, 0.05) is 46.4 Å². The Morgan fingerprint density at radius 2 is 1.52 bits per heavy atom. The Labute approximate surface area is 405 Å². The zero-order valence-electron chi connectivity index (χ0n) is 41.4. The van der Waals surface area contributed by atoms with Gasteiger partial charge in [-0.25, -0.2) is 15.0 Å². The van der Waals surface area contributed by atoms with Crippen LogP contribution < -0.4 is 5.32 Å². The molecule has 1 aliphatic carbocycles. The van der Waals surface area contributed by atoms with Crippen molar-refractivity contribution in [3.8, 4) is 0 Å². The van der Waals surface area contributed by atoms with Crippen LogP contribution in [-0.4, -0.2) is 70.9 Å². The zero-order chi connectivity index (χ0) is 46.4. The van der Waals surface area contributed by atoms with Crippen molar-refractivity contribution in [2.45, 2.75) is 146 Å². The normalized spacial score (nSPS) is 22.4. The molecule has 0 saturated carbocycles. The van der Waals surface area contributed by atoms with E-state index in [1.807, 2.05) is 38.2 Å². The van der Waals surface area contributed by atoms with E-state index in [-0.39, 0.29) is 59.6 Å². The molecule has 344 valence electrons. The van der Waals surface area contributed by atoms with Crippen LogP contribution in [0.1, 0.15) is 146 Å². The summed E-state index contributed by atoms with van der Waals surface area (Å²) in [6.07, 6.45) is 22.7. The monoisotopic (exact) mass is 895 g/mol. The van der Waals surface area contributed by atoms with Gasteiger partial charge in [0.25, 0.3) is 0 Å². The number of carbonyl (C=O) groups excluding carboxylic acids is 2. The maximum absolute atomic E-state index is 13.6. The average Bonchev–Trinajstić information content (AvgIpc) is 3.99. The van der Waals surface area contributed by atoms with Gasteiger partial charge in [0.2, 0.25) is 0 Å². The van der Waals surface area contributed by atoms with Gasteiger partial charge in [-0.15, -0.1) is 0 Å². The largest absolute Gasteiger partial charge is 2.00 e. The molecular weight excluding hydrogens is 821 g/mol. The third-order valence-electron chi connectivity index (χ3n) is 14.3. The van der Waals surface area contributed by atoms with Crippen molar-refractivity contribution in [3.05, 3.63) is 116 Å². The van der Waals surface area contributed by atoms with Crippen molar-refractivity contribution >= 4 is 52.1 Å². The first-order valence-electron chi connectivity index (χ1n) is 24.1. The van der Waals surface area contributed by atoms with E-state index in [1.54, 1.807) is 0 Å². The fraction of sp³-hybridized carbons (Fsp3) is 0.545. The summed E-state index contributed by atoms with van der Waals surface area (Å²) in [5, 5.41) is 15.6. The van der Waals surface area contributed by atoms with Crippen molar-refractivity contribution in [2.75, 3.05) is 13.7 Å². The van der Waals surface area contributed by atoms with E-state index in [9.17, 15) is 14.7 Å². The minimum atomic E-state index is -1.08. The maximum Gasteiger partial charge on any atom is 2.00 e. The Morgan fingerprint density at radius 3 is 2.17 bits per heavy atom. The Morgan fingerprint density at radius 1 is 0.877 bits per heavy atom. The van der Waals surface area contributed by atoms with Crippen molar-refractivity contribution in [1.82, 2.24) is 5.32 Å². The van der Waals surface area contributed by atoms with Crippen molar-refractivity contribution in [2.24, 2.45) is 50.5 Å². The topological polar surface area (TPSA) is 122 Å². The van der Waals surface area contributed by atoms with Crippen LogP contribution in [-0.2, 0) is 19.1 Å². The summed E-state index contributed by atoms with van der Waals surface area (Å²) in [7, 11) is 1.33. The molecule has 8 bridgehead atoms. The molecule has 0 spiro atoms. The molecule has 0 aromatic rings. The number of carbonyl (C=O) groups is 2. The first-order chi connectivity index (χ1) is 30.6. The van der Waals surface area contributed by atoms with Gasteiger partial charge in [0.05, 0.1) is 41.3 Å². The summed E-state index contributed by atoms with van der Waals surface area (Å²) >= 11 is 0. The Bertz CT molecular complexity index is 2300. The van der Waals surface area contributed by atoms with E-state index in [4.69, 9.17) is 24.5 Å². The number of esters is 2. The first kappa shape index (κ1) is 51.7. The number of nitrogens with zero attached hydrogens (tertiary/aromatic N) is 3. The number of hydrogen-bond acceptors (Lipinski definition) is 9. The Hall–Kier alpha value is -4.28. The molecule has 0 radical (unpaired) electrons. The van der Waals surface area contributed by atoms with Gasteiger partial charge in [-0.05, 0) is 118 Å². The van der Waals surface area contributed by atoms with Crippen LogP contribution in [0.3, 0.4) is 0 Å². The number of rotatable bonds is 20. The van der Waals surface area contributed by atoms with Crippen LogP contribution in [0.2, 0.25) is 0 Å². The van der Waals surface area contributed by atoms with Crippen LogP contribution in [0.25, 0.3) is 0 Å². The molecule has 65 heavy (non-hydrogen) atoms. The van der Waals surface area contributed by atoms with Crippen LogP contribution in [0.4, 0.5) is 0 Å². The standard InChI is InChI=1S/C55H74N4O5.Mg/c1-13-39-35(8)42-28-44-37(10)41(24-25-48(60)64-27-26-34(7)23-17-22-33(6)21-16-20-32(5)19-15-18-31(3)4)52(58-44)50-51(55(62)63-12)54(61)49-38(11)45(59-53(49)50)30-47-40(14-2)36(9)43(57-47)29-46(39)56-42;/h13,26,28-33,37,41,51,58,61H,1,14-25,27H2,2-12H3;/q;+2/b34-26+,44-28?,46-29?,47-30?,52-50?;/t32-,33-,37+,41+,51+;/m1./s1. The summed E-state index contributed by atoms with van der Waals surface area (Å²) in [4.78, 5) is 42.4. The summed E-state index contributed by atoms with van der Waals surface area (Å²) in [5.74, 6) is -0.0182. The number of fused-ring (bicyclic) bond motifs is 5. The van der Waals surface area contributed by atoms with Gasteiger partial charge in [0.1, 0.15) is 18.3 Å². The molecule has 9 nitrogen and oxygen atoms in total. The Kier molecular flexibility index (Phi) is 18.3. The molecule has 5 heterocycles. The average molecular weight is 896 g/mol. The molecule has 5 atom stereocenters. The molecule has 0 aromatic carbocycles. The van der Waals surface area contributed by atoms with Gasteiger partial charge in [-0.3, -0.25) is 9.59 Å². The molecule has 5 aliphatic heterocycles. The third kappa shape index (κ3) is 11.6. The van der Waals surface area contributed by atoms with Crippen molar-refractivity contribution < 1.29 is 24.2 Å². The molecular formula is C55H74MgN4O5+2. The summed E-state index contributed by atoms with van der Waals surface area (Å²) in [6, 6.07) is 0. The molecule has 6 aliphatic rings. The number of hydrogen-bond donors (Lipinski definition) is 2. The number of aliphatic imine (C=N–C) groups is 3. The molecule has 10 heteroatoms. The molecule has 2 N–H and O–H groups in total. The van der Waals surface area contributed by atoms with Crippen LogP contribution in [0.15, 0.2) is 131 Å². The number of methoxy groups -OCH3 is 1. The molecule has 0 amide bonds. The summed E-state index contributed by atoms with van der Waals surface area (Å²) < 4.78 is 11.1. The van der Waals surface area contributed by atoms with E-state index in [0.29, 0.717) is 29.0 Å². The van der Waals surface area contributed by atoms with Crippen LogP contribution in [0, 0.1) is 35.5 Å². The number of allylic oxidation sites excluding steroid dienone is 12. The number of nitrogens with one attached hydrogen (secondary N) is 1.